The van der Waals surface area contributed by atoms with Crippen molar-refractivity contribution in [2.24, 2.45) is 0 Å². The molecular weight excluding hydrogens is 584 g/mol. The van der Waals surface area contributed by atoms with Crippen molar-refractivity contribution in [2.45, 2.75) is 32.1 Å². The number of carboxylic acids is 1. The molecule has 1 aliphatic rings. The number of hydrogen-bond acceptors (Lipinski definition) is 6. The number of carboxylic acid groups (broad SMARTS) is 1. The van der Waals surface area contributed by atoms with Crippen molar-refractivity contribution < 1.29 is 28.5 Å². The zero-order valence-corrected chi connectivity index (χ0v) is 23.6. The summed E-state index contributed by atoms with van der Waals surface area (Å²) >= 11 is 12.5. The molecule has 0 bridgehead atoms. The predicted molar refractivity (Wildman–Crippen MR) is 156 cm³/mol. The summed E-state index contributed by atoms with van der Waals surface area (Å²) in [7, 11) is 0. The lowest BCUT2D eigenvalue weighted by Gasteiger charge is -2.15. The lowest BCUT2D eigenvalue weighted by atomic mass is 10.1. The summed E-state index contributed by atoms with van der Waals surface area (Å²) in [5.74, 6) is -0.786. The molecule has 0 saturated carbocycles. The first-order valence-corrected chi connectivity index (χ1v) is 14.0. The molecule has 214 valence electrons. The van der Waals surface area contributed by atoms with Crippen LogP contribution in [0.25, 0.3) is 22.3 Å². The maximum Gasteiger partial charge on any atom is 0.335 e. The van der Waals surface area contributed by atoms with Gasteiger partial charge < -0.3 is 19.3 Å². The van der Waals surface area contributed by atoms with Gasteiger partial charge in [-0.2, -0.15) is 4.98 Å². The van der Waals surface area contributed by atoms with Crippen molar-refractivity contribution in [1.82, 2.24) is 14.5 Å². The summed E-state index contributed by atoms with van der Waals surface area (Å²) < 4.78 is 33.7. The van der Waals surface area contributed by atoms with E-state index in [-0.39, 0.29) is 24.3 Å². The van der Waals surface area contributed by atoms with Crippen LogP contribution in [0.3, 0.4) is 0 Å². The zero-order valence-electron chi connectivity index (χ0n) is 22.1. The lowest BCUT2D eigenvalue weighted by molar-refractivity contribution is 0.0697. The number of fused-ring (bicyclic) bond motifs is 1. The monoisotopic (exact) mass is 607 g/mol. The topological polar surface area (TPSA) is 95.7 Å². The fraction of sp³-hybridized carbons (Fsp3) is 0.194. The van der Waals surface area contributed by atoms with E-state index >= 15 is 0 Å². The van der Waals surface area contributed by atoms with Gasteiger partial charge >= 0.3 is 12.0 Å². The molecule has 0 unspecified atom stereocenters. The molecule has 1 fully saturated rings. The largest absolute Gasteiger partial charge is 0.478 e. The van der Waals surface area contributed by atoms with Gasteiger partial charge in [-0.05, 0) is 67.4 Å². The molecule has 42 heavy (non-hydrogen) atoms. The number of rotatable bonds is 9. The van der Waals surface area contributed by atoms with E-state index in [1.165, 1.54) is 12.1 Å². The van der Waals surface area contributed by atoms with Crippen molar-refractivity contribution in [3.63, 3.8) is 0 Å². The molecule has 8 nitrogen and oxygen atoms in total. The Labute approximate surface area is 250 Å². The fourth-order valence-electron chi connectivity index (χ4n) is 4.77. The number of ether oxygens (including phenoxy) is 3. The number of halogens is 3. The Morgan fingerprint density at radius 1 is 1.07 bits per heavy atom. The molecule has 0 amide bonds. The van der Waals surface area contributed by atoms with Crippen LogP contribution < -0.4 is 9.47 Å². The number of aromatic nitrogens is 3. The highest BCUT2D eigenvalue weighted by Crippen LogP contribution is 2.35. The van der Waals surface area contributed by atoms with Crippen LogP contribution in [0, 0.1) is 5.82 Å². The van der Waals surface area contributed by atoms with Crippen LogP contribution in [0.5, 0.6) is 17.6 Å². The molecule has 3 heterocycles. The van der Waals surface area contributed by atoms with Crippen molar-refractivity contribution >= 4 is 40.2 Å². The second-order valence-corrected chi connectivity index (χ2v) is 10.6. The van der Waals surface area contributed by atoms with Gasteiger partial charge in [0.05, 0.1) is 40.0 Å². The normalized spacial score (nSPS) is 14.8. The highest BCUT2D eigenvalue weighted by atomic mass is 35.5. The van der Waals surface area contributed by atoms with Gasteiger partial charge in [0.15, 0.2) is 0 Å². The molecular formula is C31H24Cl2FN3O5. The van der Waals surface area contributed by atoms with Crippen LogP contribution in [0.1, 0.15) is 28.8 Å². The van der Waals surface area contributed by atoms with Gasteiger partial charge in [0.1, 0.15) is 18.2 Å². The highest BCUT2D eigenvalue weighted by Gasteiger charge is 2.22. The Morgan fingerprint density at radius 3 is 2.71 bits per heavy atom. The van der Waals surface area contributed by atoms with Crippen molar-refractivity contribution in [3.8, 4) is 28.9 Å². The first-order valence-electron chi connectivity index (χ1n) is 13.2. The molecule has 0 spiro atoms. The molecule has 0 radical (unpaired) electrons. The van der Waals surface area contributed by atoms with E-state index in [9.17, 15) is 14.3 Å². The van der Waals surface area contributed by atoms with Gasteiger partial charge in [-0.25, -0.2) is 14.2 Å². The third kappa shape index (κ3) is 6.04. The summed E-state index contributed by atoms with van der Waals surface area (Å²) in [6, 6.07) is 20.0. The number of imidazole rings is 1. The van der Waals surface area contributed by atoms with Gasteiger partial charge in [-0.3, -0.25) is 4.57 Å². The Bertz CT molecular complexity index is 1790. The van der Waals surface area contributed by atoms with Gasteiger partial charge in [0, 0.05) is 28.8 Å². The first-order chi connectivity index (χ1) is 20.3. The molecule has 1 atom stereocenters. The third-order valence-corrected chi connectivity index (χ3v) is 7.44. The molecule has 5 aromatic rings. The number of carbonyl (C=O) groups is 1. The van der Waals surface area contributed by atoms with Crippen LogP contribution >= 0.6 is 23.2 Å². The molecule has 11 heteroatoms. The Hall–Kier alpha value is -4.18. The van der Waals surface area contributed by atoms with Crippen LogP contribution in [-0.4, -0.2) is 38.3 Å². The summed E-state index contributed by atoms with van der Waals surface area (Å²) in [6.07, 6.45) is 1.81. The number of hydrogen-bond donors (Lipinski definition) is 1. The molecule has 2 aromatic heterocycles. The maximum absolute atomic E-state index is 14.1. The molecule has 1 N–H and O–H groups in total. The van der Waals surface area contributed by atoms with Crippen molar-refractivity contribution in [2.75, 3.05) is 6.61 Å². The summed E-state index contributed by atoms with van der Waals surface area (Å²) in [6.45, 7) is 1.13. The molecule has 0 aliphatic carbocycles. The van der Waals surface area contributed by atoms with E-state index in [0.717, 1.165) is 18.4 Å². The van der Waals surface area contributed by atoms with Crippen LogP contribution in [0.4, 0.5) is 4.39 Å². The summed E-state index contributed by atoms with van der Waals surface area (Å²) in [4.78, 5) is 20.7. The van der Waals surface area contributed by atoms with E-state index < -0.39 is 11.8 Å². The van der Waals surface area contributed by atoms with Crippen molar-refractivity contribution in [1.29, 1.82) is 0 Å². The smallest absolute Gasteiger partial charge is 0.335 e. The molecule has 3 aromatic carbocycles. The minimum absolute atomic E-state index is 0.00611. The number of benzene rings is 3. The summed E-state index contributed by atoms with van der Waals surface area (Å²) in [5.41, 5.74) is 3.06. The second kappa shape index (κ2) is 12.0. The van der Waals surface area contributed by atoms with Gasteiger partial charge in [-0.1, -0.05) is 35.3 Å². The number of nitrogens with zero attached hydrogens (tertiary/aromatic N) is 3. The van der Waals surface area contributed by atoms with E-state index in [2.05, 4.69) is 9.97 Å². The Kier molecular flexibility index (Phi) is 7.97. The first kappa shape index (κ1) is 28.0. The van der Waals surface area contributed by atoms with E-state index in [1.54, 1.807) is 48.5 Å². The number of aromatic carboxylic acids is 1. The molecule has 1 aliphatic heterocycles. The van der Waals surface area contributed by atoms with Gasteiger partial charge in [-0.15, -0.1) is 0 Å². The zero-order chi connectivity index (χ0) is 29.2. The summed E-state index contributed by atoms with van der Waals surface area (Å²) in [5, 5.41) is 10.1. The SMILES string of the molecule is O=C(O)c1ccc2nc(Oc3ccc(-c4cccc(OCc5ccc(Cl)cc5F)n4)cc3Cl)n(C[C@@H]3CCCO3)c2c1. The number of pyridine rings is 1. The van der Waals surface area contributed by atoms with Gasteiger partial charge in [0.2, 0.25) is 5.88 Å². The molecule has 1 saturated heterocycles. The van der Waals surface area contributed by atoms with Gasteiger partial charge in [0.25, 0.3) is 0 Å². The predicted octanol–water partition coefficient (Wildman–Crippen LogP) is 7.79. The standard InChI is InChI=1S/C31H24Cl2FN3O5/c32-21-9-6-20(24(34)15-21)17-41-29-5-1-4-25(35-29)18-8-11-28(23(33)13-18)42-31-36-26-10-7-19(30(38)39)14-27(26)37(31)16-22-3-2-12-40-22/h1,4-11,13-15,22H,2-3,12,16-17H2,(H,38,39)/t22-/m0/s1. The average molecular weight is 608 g/mol. The maximum atomic E-state index is 14.1. The van der Waals surface area contributed by atoms with Crippen LogP contribution in [0.2, 0.25) is 10.0 Å². The lowest BCUT2D eigenvalue weighted by Crippen LogP contribution is -2.15. The van der Waals surface area contributed by atoms with E-state index in [1.807, 2.05) is 16.7 Å². The van der Waals surface area contributed by atoms with Crippen molar-refractivity contribution in [3.05, 3.63) is 99.8 Å². The van der Waals surface area contributed by atoms with Crippen LogP contribution in [-0.2, 0) is 17.9 Å². The third-order valence-electron chi connectivity index (χ3n) is 6.91. The minimum Gasteiger partial charge on any atom is -0.478 e. The Balaban J connectivity index is 1.24. The second-order valence-electron chi connectivity index (χ2n) is 9.78. The average Bonchev–Trinajstić information content (AvgIpc) is 3.61. The minimum atomic E-state index is -1.02. The van der Waals surface area contributed by atoms with E-state index in [0.29, 0.717) is 57.1 Å². The quantitative estimate of drug-likeness (QED) is 0.183. The Morgan fingerprint density at radius 2 is 1.95 bits per heavy atom. The highest BCUT2D eigenvalue weighted by molar-refractivity contribution is 6.32. The van der Waals surface area contributed by atoms with E-state index in [4.69, 9.17) is 37.4 Å². The van der Waals surface area contributed by atoms with Crippen LogP contribution in [0.15, 0.2) is 72.8 Å². The fourth-order valence-corrected chi connectivity index (χ4v) is 5.15. The molecule has 6 rings (SSSR count).